The number of allylic oxidation sites excluding steroid dienone is 1. The molecule has 1 aromatic heterocycles. The maximum atomic E-state index is 11.2. The summed E-state index contributed by atoms with van der Waals surface area (Å²) in [7, 11) is 0. The smallest absolute Gasteiger partial charge is 0.260 e. The maximum absolute atomic E-state index is 11.2. The van der Waals surface area contributed by atoms with E-state index in [0.717, 1.165) is 17.4 Å². The number of hydrogen-bond acceptors (Lipinski definition) is 4. The normalized spacial score (nSPS) is 11.1. The number of aliphatic hydroxyl groups is 1. The minimum Gasteiger partial charge on any atom is -0.512 e. The Bertz CT molecular complexity index is 419. The first-order chi connectivity index (χ1) is 7.00. The lowest BCUT2D eigenvalue weighted by molar-refractivity contribution is -0.112. The zero-order chi connectivity index (χ0) is 11.4. The summed E-state index contributed by atoms with van der Waals surface area (Å²) in [6.07, 6.45) is 1.02. The van der Waals surface area contributed by atoms with Crippen molar-refractivity contribution in [3.05, 3.63) is 28.2 Å². The lowest BCUT2D eigenvalue weighted by Crippen LogP contribution is -2.14. The largest absolute Gasteiger partial charge is 0.512 e. The molecule has 0 saturated carbocycles. The molecule has 0 aliphatic heterocycles. The highest BCUT2D eigenvalue weighted by Gasteiger charge is 2.11. The van der Waals surface area contributed by atoms with Crippen LogP contribution in [-0.4, -0.2) is 16.9 Å². The highest BCUT2D eigenvalue weighted by molar-refractivity contribution is 7.12. The number of carbonyl (C=O) groups is 2. The summed E-state index contributed by atoms with van der Waals surface area (Å²) in [6.45, 7) is 1.38. The monoisotopic (exact) mass is 226 g/mol. The number of thiophene rings is 1. The molecule has 0 spiro atoms. The van der Waals surface area contributed by atoms with Gasteiger partial charge < -0.3 is 16.2 Å². The van der Waals surface area contributed by atoms with Crippen LogP contribution in [0.3, 0.4) is 0 Å². The number of hydrogen-bond donors (Lipinski definition) is 3. The summed E-state index contributed by atoms with van der Waals surface area (Å²) in [6, 6.07) is 1.57. The molecule has 2 amide bonds. The molecule has 15 heavy (non-hydrogen) atoms. The molecule has 0 fully saturated rings. The van der Waals surface area contributed by atoms with Gasteiger partial charge in [-0.2, -0.15) is 0 Å². The minimum atomic E-state index is -0.593. The van der Waals surface area contributed by atoms with Crippen molar-refractivity contribution in [3.63, 3.8) is 0 Å². The van der Waals surface area contributed by atoms with Gasteiger partial charge in [-0.25, -0.2) is 0 Å². The number of amides is 2. The van der Waals surface area contributed by atoms with E-state index in [-0.39, 0.29) is 10.6 Å². The Balaban J connectivity index is 2.81. The molecule has 80 valence electrons. The summed E-state index contributed by atoms with van der Waals surface area (Å²) in [5.74, 6) is -1.20. The molecule has 0 atom stereocenters. The quantitative estimate of drug-likeness (QED) is 0.535. The van der Waals surface area contributed by atoms with Gasteiger partial charge in [0.05, 0.1) is 11.4 Å². The van der Waals surface area contributed by atoms with Gasteiger partial charge in [-0.05, 0) is 18.4 Å². The third kappa shape index (κ3) is 3.10. The van der Waals surface area contributed by atoms with Gasteiger partial charge in [-0.15, -0.1) is 11.3 Å². The second-order valence-electron chi connectivity index (χ2n) is 2.80. The minimum absolute atomic E-state index is 0.108. The Labute approximate surface area is 90.2 Å². The molecule has 0 bridgehead atoms. The molecule has 1 heterocycles. The van der Waals surface area contributed by atoms with Crippen LogP contribution in [0.15, 0.2) is 23.3 Å². The molecule has 1 rings (SSSR count). The van der Waals surface area contributed by atoms with E-state index in [2.05, 4.69) is 5.32 Å². The lowest BCUT2D eigenvalue weighted by atomic mass is 10.3. The SMILES string of the molecule is C/C(O)=C/C(=O)Nc1ccsc1C(N)=O. The fourth-order valence-electron chi connectivity index (χ4n) is 0.957. The molecule has 0 aliphatic carbocycles. The van der Waals surface area contributed by atoms with Crippen LogP contribution in [0.2, 0.25) is 0 Å². The van der Waals surface area contributed by atoms with Gasteiger partial charge in [0.25, 0.3) is 11.8 Å². The van der Waals surface area contributed by atoms with Crippen molar-refractivity contribution in [2.24, 2.45) is 5.73 Å². The number of rotatable bonds is 3. The molecule has 1 aromatic rings. The Morgan fingerprint density at radius 2 is 2.27 bits per heavy atom. The van der Waals surface area contributed by atoms with Gasteiger partial charge in [0.15, 0.2) is 0 Å². The van der Waals surface area contributed by atoms with Crippen LogP contribution in [0.5, 0.6) is 0 Å². The molecule has 5 nitrogen and oxygen atoms in total. The van der Waals surface area contributed by atoms with E-state index in [1.54, 1.807) is 11.4 Å². The van der Waals surface area contributed by atoms with Crippen LogP contribution in [0.25, 0.3) is 0 Å². The average Bonchev–Trinajstić information content (AvgIpc) is 2.50. The number of aliphatic hydroxyl groups excluding tert-OH is 1. The zero-order valence-electron chi connectivity index (χ0n) is 7.98. The number of carbonyl (C=O) groups excluding carboxylic acids is 2. The van der Waals surface area contributed by atoms with Crippen molar-refractivity contribution in [1.82, 2.24) is 0 Å². The van der Waals surface area contributed by atoms with E-state index in [0.29, 0.717) is 5.69 Å². The second kappa shape index (κ2) is 4.61. The number of anilines is 1. The number of nitrogens with one attached hydrogen (secondary N) is 1. The summed E-state index contributed by atoms with van der Waals surface area (Å²) in [5.41, 5.74) is 5.45. The lowest BCUT2D eigenvalue weighted by Gasteiger charge is -2.00. The topological polar surface area (TPSA) is 92.4 Å². The van der Waals surface area contributed by atoms with Gasteiger partial charge in [0.2, 0.25) is 0 Å². The van der Waals surface area contributed by atoms with Crippen LogP contribution in [0.4, 0.5) is 5.69 Å². The van der Waals surface area contributed by atoms with E-state index < -0.39 is 11.8 Å². The fraction of sp³-hybridized carbons (Fsp3) is 0.111. The van der Waals surface area contributed by atoms with E-state index >= 15 is 0 Å². The molecule has 4 N–H and O–H groups in total. The number of primary amides is 1. The fourth-order valence-corrected chi connectivity index (χ4v) is 1.66. The highest BCUT2D eigenvalue weighted by Crippen LogP contribution is 2.21. The van der Waals surface area contributed by atoms with Gasteiger partial charge in [0, 0.05) is 6.08 Å². The van der Waals surface area contributed by atoms with Crippen molar-refractivity contribution >= 4 is 28.8 Å². The Morgan fingerprint density at radius 3 is 2.80 bits per heavy atom. The Hall–Kier alpha value is -1.82. The summed E-state index contributed by atoms with van der Waals surface area (Å²) < 4.78 is 0. The van der Waals surface area contributed by atoms with Crippen LogP contribution >= 0.6 is 11.3 Å². The standard InChI is InChI=1S/C9H10N2O3S/c1-5(12)4-7(13)11-6-2-3-15-8(6)9(10)14/h2-4,12H,1H3,(H2,10,14)(H,11,13)/b5-4-. The van der Waals surface area contributed by atoms with E-state index in [1.807, 2.05) is 0 Å². The molecular formula is C9H10N2O3S. The van der Waals surface area contributed by atoms with Crippen LogP contribution < -0.4 is 11.1 Å². The summed E-state index contributed by atoms with van der Waals surface area (Å²) in [5, 5.41) is 12.9. The van der Waals surface area contributed by atoms with Crippen molar-refractivity contribution in [2.75, 3.05) is 5.32 Å². The van der Waals surface area contributed by atoms with Crippen LogP contribution in [0.1, 0.15) is 16.6 Å². The van der Waals surface area contributed by atoms with Crippen LogP contribution in [0, 0.1) is 0 Å². The molecule has 0 radical (unpaired) electrons. The van der Waals surface area contributed by atoms with Crippen molar-refractivity contribution < 1.29 is 14.7 Å². The first kappa shape index (κ1) is 11.3. The first-order valence-corrected chi connectivity index (χ1v) is 4.94. The van der Waals surface area contributed by atoms with Gasteiger partial charge in [-0.1, -0.05) is 0 Å². The summed E-state index contributed by atoms with van der Waals surface area (Å²) in [4.78, 5) is 22.4. The van der Waals surface area contributed by atoms with Gasteiger partial charge in [0.1, 0.15) is 4.88 Å². The van der Waals surface area contributed by atoms with E-state index in [9.17, 15) is 9.59 Å². The molecule has 0 saturated heterocycles. The van der Waals surface area contributed by atoms with Crippen molar-refractivity contribution in [1.29, 1.82) is 0 Å². The number of nitrogens with two attached hydrogens (primary N) is 1. The third-order valence-electron chi connectivity index (χ3n) is 1.49. The molecule has 6 heteroatoms. The predicted octanol–water partition coefficient (Wildman–Crippen LogP) is 1.25. The maximum Gasteiger partial charge on any atom is 0.260 e. The third-order valence-corrected chi connectivity index (χ3v) is 2.42. The van der Waals surface area contributed by atoms with Gasteiger partial charge >= 0.3 is 0 Å². The Kier molecular flexibility index (Phi) is 3.46. The highest BCUT2D eigenvalue weighted by atomic mass is 32.1. The molecule has 0 aliphatic rings. The van der Waals surface area contributed by atoms with E-state index in [4.69, 9.17) is 10.8 Å². The zero-order valence-corrected chi connectivity index (χ0v) is 8.80. The molecular weight excluding hydrogens is 216 g/mol. The van der Waals surface area contributed by atoms with Gasteiger partial charge in [-0.3, -0.25) is 9.59 Å². The second-order valence-corrected chi connectivity index (χ2v) is 3.72. The average molecular weight is 226 g/mol. The Morgan fingerprint density at radius 1 is 1.60 bits per heavy atom. The van der Waals surface area contributed by atoms with Crippen molar-refractivity contribution in [3.8, 4) is 0 Å². The summed E-state index contributed by atoms with van der Waals surface area (Å²) >= 11 is 1.15. The first-order valence-electron chi connectivity index (χ1n) is 4.06. The van der Waals surface area contributed by atoms with Crippen LogP contribution in [-0.2, 0) is 4.79 Å². The van der Waals surface area contributed by atoms with Crippen molar-refractivity contribution in [2.45, 2.75) is 6.92 Å². The molecule has 0 unspecified atom stereocenters. The predicted molar refractivity (Wildman–Crippen MR) is 57.9 cm³/mol. The molecule has 0 aromatic carbocycles. The van der Waals surface area contributed by atoms with E-state index in [1.165, 1.54) is 6.92 Å².